The number of hydrogen-bond acceptors (Lipinski definition) is 6. The summed E-state index contributed by atoms with van der Waals surface area (Å²) < 4.78 is 6.06. The topological polar surface area (TPSA) is 108 Å². The summed E-state index contributed by atoms with van der Waals surface area (Å²) in [5, 5.41) is 9.73. The standard InChI is InChI=1S/C32H34N2O6/c1-32-24(29(37)34(31(32)39)19-10-6-3-7-11-19)16-23-21(27(32)25-15-12-20(17-35)40-25)13-14-22-26(23)30(38)33(28(22)36)18-8-4-2-5-9-18/h3,6-7,10-13,15,18,22-24,26-27,35H,2,4-5,8-9,14,16-17H2,1H3. The molecule has 8 heteroatoms. The van der Waals surface area contributed by atoms with Gasteiger partial charge in [-0.3, -0.25) is 24.1 Å². The molecule has 1 N–H and O–H groups in total. The third-order valence-corrected chi connectivity index (χ3v) is 10.4. The highest BCUT2D eigenvalue weighted by Crippen LogP contribution is 2.63. The number of furan rings is 1. The number of benzene rings is 1. The number of nitrogens with zero attached hydrogens (tertiary/aromatic N) is 2. The van der Waals surface area contributed by atoms with Crippen molar-refractivity contribution in [1.82, 2.24) is 4.90 Å². The van der Waals surface area contributed by atoms with Crippen molar-refractivity contribution in [3.63, 3.8) is 0 Å². The van der Waals surface area contributed by atoms with E-state index in [4.69, 9.17) is 4.42 Å². The molecule has 3 heterocycles. The zero-order valence-electron chi connectivity index (χ0n) is 22.6. The minimum absolute atomic E-state index is 0.0482. The number of amides is 4. The van der Waals surface area contributed by atoms with Gasteiger partial charge >= 0.3 is 0 Å². The van der Waals surface area contributed by atoms with Crippen molar-refractivity contribution < 1.29 is 28.7 Å². The Morgan fingerprint density at radius 3 is 2.38 bits per heavy atom. The Morgan fingerprint density at radius 1 is 0.925 bits per heavy atom. The van der Waals surface area contributed by atoms with E-state index in [9.17, 15) is 24.3 Å². The van der Waals surface area contributed by atoms with Crippen LogP contribution in [0.2, 0.25) is 0 Å². The molecule has 208 valence electrons. The van der Waals surface area contributed by atoms with Crippen molar-refractivity contribution in [3.8, 4) is 0 Å². The quantitative estimate of drug-likeness (QED) is 0.455. The number of imide groups is 2. The highest BCUT2D eigenvalue weighted by atomic mass is 16.4. The van der Waals surface area contributed by atoms with Gasteiger partial charge in [-0.25, -0.2) is 4.90 Å². The SMILES string of the molecule is CC12C(=O)N(c3ccccc3)C(=O)C1CC1C(=CCC3C(=O)N(C4CCCCC4)C(=O)C31)C2c1ccc(CO)o1. The highest BCUT2D eigenvalue weighted by Gasteiger charge is 2.68. The fraction of sp³-hybridized carbons (Fsp3) is 0.500. The molecular formula is C32H34N2O6. The smallest absolute Gasteiger partial charge is 0.241 e. The number of hydrogen-bond donors (Lipinski definition) is 1. The molecule has 2 aromatic rings. The van der Waals surface area contributed by atoms with Gasteiger partial charge in [0, 0.05) is 6.04 Å². The second-order valence-electron chi connectivity index (χ2n) is 12.3. The van der Waals surface area contributed by atoms with Gasteiger partial charge in [0.05, 0.1) is 34.8 Å². The fourth-order valence-electron chi connectivity index (χ4n) is 8.50. The van der Waals surface area contributed by atoms with Crippen LogP contribution in [0.1, 0.15) is 69.3 Å². The molecule has 0 spiro atoms. The van der Waals surface area contributed by atoms with Crippen LogP contribution >= 0.6 is 0 Å². The van der Waals surface area contributed by atoms with E-state index in [2.05, 4.69) is 0 Å². The largest absolute Gasteiger partial charge is 0.463 e. The molecule has 2 saturated heterocycles. The van der Waals surface area contributed by atoms with Gasteiger partial charge in [-0.15, -0.1) is 0 Å². The van der Waals surface area contributed by atoms with Gasteiger partial charge in [-0.05, 0) is 62.8 Å². The van der Waals surface area contributed by atoms with Crippen molar-refractivity contribution in [2.24, 2.45) is 29.1 Å². The van der Waals surface area contributed by atoms with Gasteiger partial charge in [0.1, 0.15) is 18.1 Å². The van der Waals surface area contributed by atoms with Crippen LogP contribution in [0.15, 0.2) is 58.5 Å². The first-order valence-electron chi connectivity index (χ1n) is 14.6. The summed E-state index contributed by atoms with van der Waals surface area (Å²) in [5.41, 5.74) is 0.288. The number of carbonyl (C=O) groups is 4. The lowest BCUT2D eigenvalue weighted by molar-refractivity contribution is -0.144. The summed E-state index contributed by atoms with van der Waals surface area (Å²) in [6.45, 7) is 1.55. The van der Waals surface area contributed by atoms with Crippen LogP contribution in [0, 0.1) is 29.1 Å². The van der Waals surface area contributed by atoms with Gasteiger partial charge in [-0.2, -0.15) is 0 Å². The van der Waals surface area contributed by atoms with E-state index in [1.165, 1.54) is 4.90 Å². The lowest BCUT2D eigenvalue weighted by atomic mass is 9.52. The predicted molar refractivity (Wildman–Crippen MR) is 144 cm³/mol. The van der Waals surface area contributed by atoms with Gasteiger partial charge in [0.2, 0.25) is 23.6 Å². The van der Waals surface area contributed by atoms with Gasteiger partial charge in [0.25, 0.3) is 0 Å². The molecule has 7 rings (SSSR count). The van der Waals surface area contributed by atoms with Crippen molar-refractivity contribution in [2.75, 3.05) is 4.90 Å². The van der Waals surface area contributed by atoms with Crippen LogP contribution in [0.5, 0.6) is 0 Å². The van der Waals surface area contributed by atoms with Crippen LogP contribution in [-0.4, -0.2) is 39.7 Å². The molecule has 6 atom stereocenters. The molecule has 3 aliphatic carbocycles. The van der Waals surface area contributed by atoms with E-state index < -0.39 is 29.1 Å². The minimum atomic E-state index is -1.14. The minimum Gasteiger partial charge on any atom is -0.463 e. The first kappa shape index (κ1) is 25.4. The zero-order chi connectivity index (χ0) is 27.8. The fourth-order valence-corrected chi connectivity index (χ4v) is 8.50. The maximum atomic E-state index is 14.3. The molecule has 0 bridgehead atoms. The van der Waals surface area contributed by atoms with Gasteiger partial charge in [-0.1, -0.05) is 49.1 Å². The van der Waals surface area contributed by atoms with Crippen LogP contribution < -0.4 is 4.90 Å². The monoisotopic (exact) mass is 542 g/mol. The van der Waals surface area contributed by atoms with E-state index in [1.807, 2.05) is 19.1 Å². The number of fused-ring (bicyclic) bond motifs is 4. The van der Waals surface area contributed by atoms with E-state index in [1.54, 1.807) is 41.3 Å². The number of rotatable bonds is 4. The average molecular weight is 543 g/mol. The summed E-state index contributed by atoms with van der Waals surface area (Å²) in [5.74, 6) is -2.48. The van der Waals surface area contributed by atoms with Crippen LogP contribution in [0.4, 0.5) is 5.69 Å². The molecule has 6 unspecified atom stereocenters. The van der Waals surface area contributed by atoms with E-state index in [0.29, 0.717) is 30.0 Å². The number of anilines is 1. The molecule has 40 heavy (non-hydrogen) atoms. The van der Waals surface area contributed by atoms with Gasteiger partial charge in [0.15, 0.2) is 0 Å². The summed E-state index contributed by atoms with van der Waals surface area (Å²) in [6.07, 6.45) is 7.66. The lowest BCUT2D eigenvalue weighted by Crippen LogP contribution is -2.49. The number of aliphatic hydroxyl groups excluding tert-OH is 1. The van der Waals surface area contributed by atoms with E-state index >= 15 is 0 Å². The average Bonchev–Trinajstić information content (AvgIpc) is 3.60. The van der Waals surface area contributed by atoms with Gasteiger partial charge < -0.3 is 9.52 Å². The molecule has 8 nitrogen and oxygen atoms in total. The maximum Gasteiger partial charge on any atom is 0.241 e. The Labute approximate surface area is 233 Å². The van der Waals surface area contributed by atoms with Crippen LogP contribution in [-0.2, 0) is 25.8 Å². The van der Waals surface area contributed by atoms with Crippen molar-refractivity contribution in [3.05, 3.63) is 65.6 Å². The normalized spacial score (nSPS) is 34.1. The summed E-state index contributed by atoms with van der Waals surface area (Å²) in [7, 11) is 0. The number of carbonyl (C=O) groups excluding carboxylic acids is 4. The number of allylic oxidation sites excluding steroid dienone is 2. The molecule has 0 radical (unpaired) electrons. The molecule has 1 aromatic carbocycles. The molecule has 2 saturated carbocycles. The molecule has 4 amide bonds. The highest BCUT2D eigenvalue weighted by molar-refractivity contribution is 6.24. The second-order valence-corrected chi connectivity index (χ2v) is 12.3. The van der Waals surface area contributed by atoms with Crippen molar-refractivity contribution in [1.29, 1.82) is 0 Å². The molecule has 4 fully saturated rings. The maximum absolute atomic E-state index is 14.3. The third kappa shape index (κ3) is 3.41. The summed E-state index contributed by atoms with van der Waals surface area (Å²) in [4.78, 5) is 58.9. The predicted octanol–water partition coefficient (Wildman–Crippen LogP) is 4.34. The molecular weight excluding hydrogens is 508 g/mol. The second kappa shape index (κ2) is 9.26. The van der Waals surface area contributed by atoms with Crippen LogP contribution in [0.25, 0.3) is 0 Å². The Balaban J connectivity index is 1.33. The first-order valence-corrected chi connectivity index (χ1v) is 14.6. The van der Waals surface area contributed by atoms with E-state index in [-0.39, 0.29) is 42.2 Å². The summed E-state index contributed by atoms with van der Waals surface area (Å²) >= 11 is 0. The number of para-hydroxylation sites is 1. The summed E-state index contributed by atoms with van der Waals surface area (Å²) in [6, 6.07) is 12.4. The molecule has 5 aliphatic rings. The van der Waals surface area contributed by atoms with Crippen molar-refractivity contribution >= 4 is 29.3 Å². The first-order chi connectivity index (χ1) is 19.4. The lowest BCUT2D eigenvalue weighted by Gasteiger charge is -2.48. The Bertz CT molecular complexity index is 1420. The zero-order valence-corrected chi connectivity index (χ0v) is 22.6. The molecule has 1 aromatic heterocycles. The Morgan fingerprint density at radius 2 is 1.68 bits per heavy atom. The third-order valence-electron chi connectivity index (χ3n) is 10.4. The molecule has 2 aliphatic heterocycles. The Kier molecular flexibility index (Phi) is 5.89. The van der Waals surface area contributed by atoms with E-state index in [0.717, 1.165) is 37.7 Å². The number of likely N-dealkylation sites (tertiary alicyclic amines) is 1. The Hall–Kier alpha value is -3.52. The van der Waals surface area contributed by atoms with Crippen molar-refractivity contribution in [2.45, 2.75) is 70.4 Å². The number of aliphatic hydroxyl groups is 1. The van der Waals surface area contributed by atoms with Crippen LogP contribution in [0.3, 0.4) is 0 Å².